The van der Waals surface area contributed by atoms with Crippen LogP contribution in [0, 0.1) is 11.8 Å². The van der Waals surface area contributed by atoms with E-state index in [1.54, 1.807) is 11.0 Å². The van der Waals surface area contributed by atoms with Crippen LogP contribution in [0.1, 0.15) is 47.2 Å². The van der Waals surface area contributed by atoms with E-state index in [2.05, 4.69) is 0 Å². The molecule has 0 saturated heterocycles. The molecule has 1 fully saturated rings. The summed E-state index contributed by atoms with van der Waals surface area (Å²) in [5.74, 6) is -2.49. The van der Waals surface area contributed by atoms with Crippen LogP contribution in [0.15, 0.2) is 54.6 Å². The van der Waals surface area contributed by atoms with Gasteiger partial charge in [0.05, 0.1) is 12.0 Å². The van der Waals surface area contributed by atoms with Gasteiger partial charge in [0.1, 0.15) is 0 Å². The first kappa shape index (κ1) is 19.4. The van der Waals surface area contributed by atoms with Crippen molar-refractivity contribution in [2.24, 2.45) is 11.8 Å². The number of benzene rings is 2. The molecule has 5 nitrogen and oxygen atoms in total. The number of hydrogen-bond donors (Lipinski definition) is 1. The van der Waals surface area contributed by atoms with Gasteiger partial charge in [-0.3, -0.25) is 14.4 Å². The maximum Gasteiger partial charge on any atom is 0.307 e. The molecule has 2 aromatic rings. The molecule has 150 valence electrons. The standard InChI is InChI=1S/C24H25NO4/c26-22-19(20(24(28)29)14-16-8-2-1-3-9-16)12-6-7-13-21(22)25-15-17-10-4-5-11-18(17)23(25)27/h1-5,8-11,19-21H,6-7,12-15H2,(H,28,29)/t19?,20-,21?/m1/s1. The van der Waals surface area contributed by atoms with E-state index in [0.717, 1.165) is 24.0 Å². The van der Waals surface area contributed by atoms with E-state index in [4.69, 9.17) is 0 Å². The summed E-state index contributed by atoms with van der Waals surface area (Å²) < 4.78 is 0. The Morgan fingerprint density at radius 3 is 2.41 bits per heavy atom. The normalized spacial score (nSPS) is 22.8. The first-order chi connectivity index (χ1) is 14.1. The molecule has 1 heterocycles. The predicted molar refractivity (Wildman–Crippen MR) is 108 cm³/mol. The Bertz CT molecular complexity index is 923. The van der Waals surface area contributed by atoms with Crippen LogP contribution in [0.5, 0.6) is 0 Å². The summed E-state index contributed by atoms with van der Waals surface area (Å²) >= 11 is 0. The monoisotopic (exact) mass is 391 g/mol. The highest BCUT2D eigenvalue weighted by Gasteiger charge is 2.43. The second kappa shape index (κ2) is 8.19. The van der Waals surface area contributed by atoms with Crippen LogP contribution < -0.4 is 0 Å². The summed E-state index contributed by atoms with van der Waals surface area (Å²) in [6, 6.07) is 16.4. The molecule has 2 unspecified atom stereocenters. The molecule has 1 amide bonds. The molecule has 0 bridgehead atoms. The lowest BCUT2D eigenvalue weighted by atomic mass is 9.80. The molecule has 2 aliphatic rings. The van der Waals surface area contributed by atoms with Crippen LogP contribution >= 0.6 is 0 Å². The molecular weight excluding hydrogens is 366 g/mol. The first-order valence-electron chi connectivity index (χ1n) is 10.3. The minimum Gasteiger partial charge on any atom is -0.481 e. The van der Waals surface area contributed by atoms with Gasteiger partial charge in [-0.1, -0.05) is 61.4 Å². The topological polar surface area (TPSA) is 74.7 Å². The Hall–Kier alpha value is -2.95. The molecule has 1 saturated carbocycles. The molecule has 1 aliphatic heterocycles. The molecule has 0 aromatic heterocycles. The van der Waals surface area contributed by atoms with Crippen molar-refractivity contribution in [2.45, 2.75) is 44.7 Å². The van der Waals surface area contributed by atoms with Crippen molar-refractivity contribution in [3.05, 3.63) is 71.3 Å². The molecule has 3 atom stereocenters. The second-order valence-corrected chi connectivity index (χ2v) is 8.03. The fraction of sp³-hybridized carbons (Fsp3) is 0.375. The minimum absolute atomic E-state index is 0.0908. The van der Waals surface area contributed by atoms with Gasteiger partial charge in [-0.15, -0.1) is 0 Å². The van der Waals surface area contributed by atoms with E-state index >= 15 is 0 Å². The van der Waals surface area contributed by atoms with E-state index in [1.807, 2.05) is 48.5 Å². The molecule has 5 heteroatoms. The third-order valence-corrected chi connectivity index (χ3v) is 6.26. The zero-order valence-electron chi connectivity index (χ0n) is 16.3. The lowest BCUT2D eigenvalue weighted by Gasteiger charge is -2.30. The lowest BCUT2D eigenvalue weighted by molar-refractivity contribution is -0.147. The quantitative estimate of drug-likeness (QED) is 0.789. The number of carbonyl (C=O) groups is 3. The SMILES string of the molecule is O=C1C([C@@H](Cc2ccccc2)C(=O)O)CCCCC1N1Cc2ccccc2C1=O. The Morgan fingerprint density at radius 2 is 1.69 bits per heavy atom. The Morgan fingerprint density at radius 1 is 1.00 bits per heavy atom. The number of carboxylic acids is 1. The molecule has 29 heavy (non-hydrogen) atoms. The van der Waals surface area contributed by atoms with E-state index in [1.165, 1.54) is 0 Å². The number of aliphatic carboxylic acids is 1. The average Bonchev–Trinajstić information content (AvgIpc) is 2.94. The van der Waals surface area contributed by atoms with Gasteiger partial charge in [-0.05, 0) is 36.5 Å². The maximum absolute atomic E-state index is 13.5. The number of fused-ring (bicyclic) bond motifs is 1. The van der Waals surface area contributed by atoms with Crippen molar-refractivity contribution >= 4 is 17.7 Å². The first-order valence-corrected chi connectivity index (χ1v) is 10.3. The molecule has 1 aliphatic carbocycles. The van der Waals surface area contributed by atoms with Gasteiger partial charge in [0.15, 0.2) is 5.78 Å². The number of hydrogen-bond acceptors (Lipinski definition) is 3. The number of carboxylic acid groups (broad SMARTS) is 1. The number of nitrogens with zero attached hydrogens (tertiary/aromatic N) is 1. The summed E-state index contributed by atoms with van der Waals surface area (Å²) in [6.07, 6.45) is 3.12. The zero-order chi connectivity index (χ0) is 20.4. The minimum atomic E-state index is -0.941. The summed E-state index contributed by atoms with van der Waals surface area (Å²) in [5, 5.41) is 9.91. The molecular formula is C24H25NO4. The third-order valence-electron chi connectivity index (χ3n) is 6.26. The summed E-state index contributed by atoms with van der Waals surface area (Å²) in [5.41, 5.74) is 2.50. The zero-order valence-corrected chi connectivity index (χ0v) is 16.3. The molecule has 1 N–H and O–H groups in total. The molecule has 0 spiro atoms. The van der Waals surface area contributed by atoms with Gasteiger partial charge in [0.2, 0.25) is 0 Å². The number of amides is 1. The molecule has 2 aromatic carbocycles. The smallest absolute Gasteiger partial charge is 0.307 e. The lowest BCUT2D eigenvalue weighted by Crippen LogP contribution is -2.45. The van der Waals surface area contributed by atoms with E-state index < -0.39 is 23.8 Å². The summed E-state index contributed by atoms with van der Waals surface area (Å²) in [6.45, 7) is 0.425. The Labute approximate surface area is 170 Å². The van der Waals surface area contributed by atoms with Crippen molar-refractivity contribution < 1.29 is 19.5 Å². The highest BCUT2D eigenvalue weighted by atomic mass is 16.4. The van der Waals surface area contributed by atoms with Gasteiger partial charge in [0.25, 0.3) is 5.91 Å². The van der Waals surface area contributed by atoms with Gasteiger partial charge in [-0.25, -0.2) is 0 Å². The van der Waals surface area contributed by atoms with Crippen LogP contribution in [-0.4, -0.2) is 33.7 Å². The van der Waals surface area contributed by atoms with Crippen molar-refractivity contribution in [3.63, 3.8) is 0 Å². The van der Waals surface area contributed by atoms with Gasteiger partial charge in [0, 0.05) is 18.0 Å². The van der Waals surface area contributed by atoms with Crippen LogP contribution in [-0.2, 0) is 22.6 Å². The fourth-order valence-corrected chi connectivity index (χ4v) is 4.74. The Kier molecular flexibility index (Phi) is 5.47. The van der Waals surface area contributed by atoms with Crippen molar-refractivity contribution in [1.82, 2.24) is 4.90 Å². The summed E-state index contributed by atoms with van der Waals surface area (Å²) in [7, 11) is 0. The van der Waals surface area contributed by atoms with Crippen LogP contribution in [0.25, 0.3) is 0 Å². The number of carbonyl (C=O) groups excluding carboxylic acids is 2. The third kappa shape index (κ3) is 3.82. The van der Waals surface area contributed by atoms with Gasteiger partial charge >= 0.3 is 5.97 Å². The molecule has 0 radical (unpaired) electrons. The maximum atomic E-state index is 13.5. The van der Waals surface area contributed by atoms with Gasteiger partial charge in [-0.2, -0.15) is 0 Å². The highest BCUT2D eigenvalue weighted by molar-refractivity contribution is 6.02. The van der Waals surface area contributed by atoms with Gasteiger partial charge < -0.3 is 10.0 Å². The largest absolute Gasteiger partial charge is 0.481 e. The van der Waals surface area contributed by atoms with E-state index in [0.29, 0.717) is 31.4 Å². The molecule has 4 rings (SSSR count). The van der Waals surface area contributed by atoms with E-state index in [-0.39, 0.29) is 11.7 Å². The summed E-state index contributed by atoms with van der Waals surface area (Å²) in [4.78, 5) is 40.2. The number of Topliss-reactive ketones (excluding diaryl/α,β-unsaturated/α-hetero) is 1. The predicted octanol–water partition coefficient (Wildman–Crippen LogP) is 3.71. The van der Waals surface area contributed by atoms with Crippen molar-refractivity contribution in [3.8, 4) is 0 Å². The van der Waals surface area contributed by atoms with Crippen LogP contribution in [0.2, 0.25) is 0 Å². The van der Waals surface area contributed by atoms with Crippen LogP contribution in [0.3, 0.4) is 0 Å². The second-order valence-electron chi connectivity index (χ2n) is 8.03. The number of rotatable bonds is 5. The van der Waals surface area contributed by atoms with Crippen molar-refractivity contribution in [1.29, 1.82) is 0 Å². The highest BCUT2D eigenvalue weighted by Crippen LogP contribution is 2.34. The Balaban J connectivity index is 1.59. The van der Waals surface area contributed by atoms with E-state index in [9.17, 15) is 19.5 Å². The average molecular weight is 391 g/mol. The number of ketones is 1. The fourth-order valence-electron chi connectivity index (χ4n) is 4.74. The van der Waals surface area contributed by atoms with Crippen LogP contribution in [0.4, 0.5) is 0 Å². The van der Waals surface area contributed by atoms with Crippen molar-refractivity contribution in [2.75, 3.05) is 0 Å².